The highest BCUT2D eigenvalue weighted by Gasteiger charge is 2.37. The summed E-state index contributed by atoms with van der Waals surface area (Å²) in [6.07, 6.45) is 0.980. The minimum Gasteiger partial charge on any atom is -0.494 e. The summed E-state index contributed by atoms with van der Waals surface area (Å²) >= 11 is 6.63. The number of aromatic nitrogens is 2. The van der Waals surface area contributed by atoms with Crippen LogP contribution in [0.25, 0.3) is 21.8 Å². The standard InChI is InChI=1S/C49H59ClN6O9/c1-6-17-62-18-14-43(58)54-45(29(3)4)41(57)21-30(5)47(59)51-34-10-8-31(9-11-34)28-65-42-25-40-44(36-24-39(53-46(36)42)48(60)55-15-19-63-20-16-55)33(26-50)27-56(40)49(61)38-23-32-22-35(64-7-2)12-13-37(32)52-38/h8-13,22-25,29-30,33,45,52-53H,6-7,14-21,26-28H2,1-5H3,(H,51,59)(H,54,58)/t30-,33+,45+/m0/s1. The van der Waals surface area contributed by atoms with E-state index in [1.165, 1.54) is 0 Å². The average molecular weight is 911 g/mol. The van der Waals surface area contributed by atoms with Crippen molar-refractivity contribution in [3.63, 3.8) is 0 Å². The van der Waals surface area contributed by atoms with Crippen molar-refractivity contribution < 1.29 is 42.9 Å². The van der Waals surface area contributed by atoms with Gasteiger partial charge in [-0.25, -0.2) is 0 Å². The number of nitrogens with one attached hydrogen (secondary N) is 4. The minimum absolute atomic E-state index is 0.0350. The highest BCUT2D eigenvalue weighted by atomic mass is 35.5. The third-order valence-electron chi connectivity index (χ3n) is 11.8. The molecule has 2 aliphatic rings. The van der Waals surface area contributed by atoms with Gasteiger partial charge in [-0.15, -0.1) is 11.6 Å². The first-order chi connectivity index (χ1) is 31.4. The Hall–Kier alpha value is -5.90. The van der Waals surface area contributed by atoms with E-state index in [0.717, 1.165) is 33.8 Å². The second kappa shape index (κ2) is 21.4. The molecule has 16 heteroatoms. The van der Waals surface area contributed by atoms with E-state index in [1.54, 1.807) is 28.9 Å². The van der Waals surface area contributed by atoms with Crippen molar-refractivity contribution in [2.45, 2.75) is 72.4 Å². The number of hydrogen-bond acceptors (Lipinski definition) is 9. The molecule has 0 aliphatic carbocycles. The van der Waals surface area contributed by atoms with E-state index in [9.17, 15) is 24.0 Å². The van der Waals surface area contributed by atoms with Crippen LogP contribution >= 0.6 is 11.6 Å². The molecule has 65 heavy (non-hydrogen) atoms. The molecule has 2 aliphatic heterocycles. The maximum absolute atomic E-state index is 14.4. The number of ether oxygens (including phenoxy) is 4. The molecule has 1 fully saturated rings. The van der Waals surface area contributed by atoms with Gasteiger partial charge in [0.25, 0.3) is 11.8 Å². The zero-order chi connectivity index (χ0) is 46.2. The monoisotopic (exact) mass is 910 g/mol. The van der Waals surface area contributed by atoms with Crippen molar-refractivity contribution in [1.82, 2.24) is 20.2 Å². The first-order valence-electron chi connectivity index (χ1n) is 22.5. The third-order valence-corrected chi connectivity index (χ3v) is 12.2. The van der Waals surface area contributed by atoms with Crippen molar-refractivity contribution in [2.24, 2.45) is 11.8 Å². The summed E-state index contributed by atoms with van der Waals surface area (Å²) in [6.45, 7) is 13.0. The lowest BCUT2D eigenvalue weighted by Crippen LogP contribution is -2.45. The Kier molecular flexibility index (Phi) is 15.5. The molecule has 0 unspecified atom stereocenters. The second-order valence-electron chi connectivity index (χ2n) is 17.0. The number of benzene rings is 3. The summed E-state index contributed by atoms with van der Waals surface area (Å²) in [5.74, 6) is -0.788. The Labute approximate surface area is 383 Å². The van der Waals surface area contributed by atoms with Crippen molar-refractivity contribution in [1.29, 1.82) is 0 Å². The Morgan fingerprint density at radius 3 is 2.35 bits per heavy atom. The number of rotatable bonds is 20. The van der Waals surface area contributed by atoms with Gasteiger partial charge in [-0.1, -0.05) is 39.8 Å². The zero-order valence-corrected chi connectivity index (χ0v) is 38.5. The van der Waals surface area contributed by atoms with Crippen molar-refractivity contribution in [3.8, 4) is 11.5 Å². The van der Waals surface area contributed by atoms with Gasteiger partial charge in [-0.2, -0.15) is 0 Å². The van der Waals surface area contributed by atoms with Crippen LogP contribution in [0.5, 0.6) is 11.5 Å². The molecule has 7 rings (SSSR count). The fourth-order valence-electron chi connectivity index (χ4n) is 8.36. The molecule has 0 bridgehead atoms. The van der Waals surface area contributed by atoms with Gasteiger partial charge in [0.1, 0.15) is 29.5 Å². The van der Waals surface area contributed by atoms with Crippen LogP contribution in [-0.4, -0.2) is 109 Å². The first kappa shape index (κ1) is 47.1. The van der Waals surface area contributed by atoms with Crippen molar-refractivity contribution >= 4 is 74.2 Å². The number of fused-ring (bicyclic) bond motifs is 4. The van der Waals surface area contributed by atoms with Gasteiger partial charge >= 0.3 is 0 Å². The van der Waals surface area contributed by atoms with Crippen molar-refractivity contribution in [2.75, 3.05) is 68.8 Å². The van der Waals surface area contributed by atoms with Gasteiger partial charge in [0, 0.05) is 84.8 Å². The SMILES string of the molecule is CCCOCCC(=O)N[C@@H](C(=O)C[C@H](C)C(=O)Nc1ccc(COc2cc3c(c4cc(C(=O)N5CCOCC5)[nH]c24)[C@H](CCl)CN3C(=O)c2cc3cc(OCC)ccc3[nH]2)cc1)C(C)C. The summed E-state index contributed by atoms with van der Waals surface area (Å²) in [6, 6.07) is 17.6. The molecule has 4 amide bonds. The predicted molar refractivity (Wildman–Crippen MR) is 250 cm³/mol. The first-order valence-corrected chi connectivity index (χ1v) is 23.0. The summed E-state index contributed by atoms with van der Waals surface area (Å²) in [7, 11) is 0. The van der Waals surface area contributed by atoms with Gasteiger partial charge in [-0.05, 0) is 72.9 Å². The van der Waals surface area contributed by atoms with Gasteiger partial charge in [0.05, 0.1) is 43.7 Å². The summed E-state index contributed by atoms with van der Waals surface area (Å²) in [5, 5.41) is 7.32. The molecule has 1 saturated heterocycles. The minimum atomic E-state index is -0.710. The molecule has 3 atom stereocenters. The largest absolute Gasteiger partial charge is 0.494 e. The number of Topliss-reactive ketones (excluding diaryl/α,β-unsaturated/α-hetero) is 1. The Morgan fingerprint density at radius 1 is 0.892 bits per heavy atom. The second-order valence-corrected chi connectivity index (χ2v) is 17.3. The number of nitrogens with zero attached hydrogens (tertiary/aromatic N) is 2. The number of carbonyl (C=O) groups excluding carboxylic acids is 5. The number of H-pyrrole nitrogens is 2. The normalized spacial score (nSPS) is 15.8. The number of halogens is 1. The van der Waals surface area contributed by atoms with E-state index >= 15 is 0 Å². The van der Waals surface area contributed by atoms with Crippen LogP contribution in [0.1, 0.15) is 91.9 Å². The highest BCUT2D eigenvalue weighted by molar-refractivity contribution is 6.19. The van der Waals surface area contributed by atoms with E-state index in [0.29, 0.717) is 85.8 Å². The van der Waals surface area contributed by atoms with Gasteiger partial charge in [0.15, 0.2) is 5.78 Å². The third kappa shape index (κ3) is 11.0. The maximum Gasteiger partial charge on any atom is 0.274 e. The quantitative estimate of drug-likeness (QED) is 0.0452. The van der Waals surface area contributed by atoms with Crippen LogP contribution in [0, 0.1) is 11.8 Å². The molecule has 346 valence electrons. The lowest BCUT2D eigenvalue weighted by Gasteiger charge is -2.26. The van der Waals surface area contributed by atoms with Crippen LogP contribution in [0.15, 0.2) is 60.7 Å². The maximum atomic E-state index is 14.4. The summed E-state index contributed by atoms with van der Waals surface area (Å²) < 4.78 is 23.1. The fourth-order valence-corrected chi connectivity index (χ4v) is 8.61. The number of carbonyl (C=O) groups is 5. The molecule has 3 aromatic carbocycles. The molecular formula is C49H59ClN6O9. The van der Waals surface area contributed by atoms with Crippen LogP contribution < -0.4 is 25.0 Å². The molecule has 5 aromatic rings. The Balaban J connectivity index is 1.08. The molecule has 0 spiro atoms. The van der Waals surface area contributed by atoms with E-state index in [4.69, 9.17) is 30.5 Å². The topological polar surface area (TPSA) is 184 Å². The van der Waals surface area contributed by atoms with Crippen LogP contribution in [0.3, 0.4) is 0 Å². The summed E-state index contributed by atoms with van der Waals surface area (Å²) in [5.41, 5.74) is 5.07. The number of amides is 4. The van der Waals surface area contributed by atoms with Gasteiger partial charge in [0.2, 0.25) is 11.8 Å². The smallest absolute Gasteiger partial charge is 0.274 e. The molecule has 2 aromatic heterocycles. The lowest BCUT2D eigenvalue weighted by atomic mass is 9.92. The van der Waals surface area contributed by atoms with Crippen LogP contribution in [0.2, 0.25) is 0 Å². The van der Waals surface area contributed by atoms with Gasteiger partial charge < -0.3 is 49.3 Å². The molecular weight excluding hydrogens is 852 g/mol. The fraction of sp³-hybridized carbons (Fsp3) is 0.449. The van der Waals surface area contributed by atoms with Gasteiger partial charge in [-0.3, -0.25) is 24.0 Å². The van der Waals surface area contributed by atoms with Crippen LogP contribution in [-0.2, 0) is 30.5 Å². The number of alkyl halides is 1. The van der Waals surface area contributed by atoms with E-state index in [1.807, 2.05) is 76.2 Å². The molecule has 0 radical (unpaired) electrons. The molecule has 0 saturated carbocycles. The van der Waals surface area contributed by atoms with E-state index in [-0.39, 0.29) is 73.2 Å². The predicted octanol–water partition coefficient (Wildman–Crippen LogP) is 7.57. The lowest BCUT2D eigenvalue weighted by molar-refractivity contribution is -0.131. The highest BCUT2D eigenvalue weighted by Crippen LogP contribution is 2.46. The summed E-state index contributed by atoms with van der Waals surface area (Å²) in [4.78, 5) is 77.3. The molecule has 15 nitrogen and oxygen atoms in total. The van der Waals surface area contributed by atoms with Crippen LogP contribution in [0.4, 0.5) is 11.4 Å². The number of ketones is 1. The van der Waals surface area contributed by atoms with E-state index < -0.39 is 12.0 Å². The number of hydrogen-bond donors (Lipinski definition) is 4. The average Bonchev–Trinajstić information content (AvgIpc) is 4.05. The Morgan fingerprint density at radius 2 is 1.65 bits per heavy atom. The zero-order valence-electron chi connectivity index (χ0n) is 37.7. The number of anilines is 2. The van der Waals surface area contributed by atoms with Crippen molar-refractivity contribution in [3.05, 3.63) is 83.2 Å². The molecule has 4 N–H and O–H groups in total. The van der Waals surface area contributed by atoms with E-state index in [2.05, 4.69) is 20.6 Å². The molecule has 4 heterocycles. The number of aromatic amines is 2. The number of morpholine rings is 1. The Bertz CT molecular complexity index is 2510.